The SMILES string of the molecule is O=C(C=C(NCCO)C(Cl)Cl)c1ccc(O)cc1. The summed E-state index contributed by atoms with van der Waals surface area (Å²) in [5, 5.41) is 20.6. The molecule has 0 spiro atoms. The van der Waals surface area contributed by atoms with Crippen LogP contribution in [0.2, 0.25) is 0 Å². The molecule has 1 rings (SSSR count). The molecule has 0 saturated carbocycles. The number of halogens is 2. The Labute approximate surface area is 115 Å². The summed E-state index contributed by atoms with van der Waals surface area (Å²) in [6.07, 6.45) is 1.27. The van der Waals surface area contributed by atoms with Crippen molar-refractivity contribution in [2.75, 3.05) is 13.2 Å². The Bertz CT molecular complexity index is 429. The maximum Gasteiger partial charge on any atom is 0.187 e. The maximum absolute atomic E-state index is 11.9. The highest BCUT2D eigenvalue weighted by Gasteiger charge is 2.10. The summed E-state index contributed by atoms with van der Waals surface area (Å²) in [4.78, 5) is 11.0. The van der Waals surface area contributed by atoms with Gasteiger partial charge in [0, 0.05) is 23.9 Å². The van der Waals surface area contributed by atoms with Crippen molar-refractivity contribution in [3.63, 3.8) is 0 Å². The third kappa shape index (κ3) is 4.56. The van der Waals surface area contributed by atoms with Crippen molar-refractivity contribution >= 4 is 29.0 Å². The normalized spacial score (nSPS) is 11.7. The molecule has 0 atom stereocenters. The summed E-state index contributed by atoms with van der Waals surface area (Å²) in [5.41, 5.74) is 0.732. The molecule has 0 aliphatic rings. The first-order chi connectivity index (χ1) is 8.54. The Morgan fingerprint density at radius 2 is 1.94 bits per heavy atom. The number of hydrogen-bond donors (Lipinski definition) is 3. The van der Waals surface area contributed by atoms with Gasteiger partial charge in [-0.05, 0) is 24.3 Å². The predicted octanol–water partition coefficient (Wildman–Crippen LogP) is 1.84. The van der Waals surface area contributed by atoms with E-state index >= 15 is 0 Å². The lowest BCUT2D eigenvalue weighted by molar-refractivity contribution is 0.104. The number of alkyl halides is 2. The molecule has 0 aromatic heterocycles. The van der Waals surface area contributed by atoms with Crippen molar-refractivity contribution in [2.24, 2.45) is 0 Å². The zero-order valence-electron chi connectivity index (χ0n) is 9.44. The number of rotatable bonds is 6. The first-order valence-electron chi connectivity index (χ1n) is 5.22. The summed E-state index contributed by atoms with van der Waals surface area (Å²) in [5.74, 6) is -0.205. The van der Waals surface area contributed by atoms with Crippen LogP contribution < -0.4 is 5.32 Å². The fourth-order valence-electron chi connectivity index (χ4n) is 1.24. The van der Waals surface area contributed by atoms with Gasteiger partial charge in [-0.15, -0.1) is 0 Å². The van der Waals surface area contributed by atoms with Gasteiger partial charge in [0.05, 0.1) is 6.61 Å². The number of phenols is 1. The van der Waals surface area contributed by atoms with Gasteiger partial charge in [0.2, 0.25) is 0 Å². The van der Waals surface area contributed by atoms with E-state index in [1.54, 1.807) is 0 Å². The molecule has 0 radical (unpaired) electrons. The van der Waals surface area contributed by atoms with Crippen LogP contribution in [0.15, 0.2) is 36.0 Å². The second kappa shape index (κ2) is 7.26. The molecule has 1 aromatic rings. The van der Waals surface area contributed by atoms with Gasteiger partial charge < -0.3 is 15.5 Å². The summed E-state index contributed by atoms with van der Waals surface area (Å²) in [6, 6.07) is 5.83. The summed E-state index contributed by atoms with van der Waals surface area (Å²) >= 11 is 11.4. The molecule has 0 heterocycles. The van der Waals surface area contributed by atoms with Crippen molar-refractivity contribution in [1.29, 1.82) is 0 Å². The van der Waals surface area contributed by atoms with Crippen LogP contribution in [0, 0.1) is 0 Å². The number of aliphatic hydroxyl groups is 1. The third-order valence-corrected chi connectivity index (χ3v) is 2.58. The van der Waals surface area contributed by atoms with E-state index in [9.17, 15) is 4.79 Å². The molecule has 0 bridgehead atoms. The number of carbonyl (C=O) groups is 1. The number of aliphatic hydroxyl groups excluding tert-OH is 1. The van der Waals surface area contributed by atoms with Crippen molar-refractivity contribution < 1.29 is 15.0 Å². The van der Waals surface area contributed by atoms with E-state index < -0.39 is 4.84 Å². The van der Waals surface area contributed by atoms with Crippen LogP contribution >= 0.6 is 23.2 Å². The van der Waals surface area contributed by atoms with Crippen molar-refractivity contribution in [3.8, 4) is 5.75 Å². The van der Waals surface area contributed by atoms with Crippen LogP contribution in [-0.4, -0.2) is 34.0 Å². The highest BCUT2D eigenvalue weighted by Crippen LogP contribution is 2.15. The summed E-state index contributed by atoms with van der Waals surface area (Å²) in [6.45, 7) is 0.163. The third-order valence-electron chi connectivity index (χ3n) is 2.11. The van der Waals surface area contributed by atoms with Crippen LogP contribution in [0.5, 0.6) is 5.75 Å². The minimum Gasteiger partial charge on any atom is -0.508 e. The molecule has 0 unspecified atom stereocenters. The zero-order valence-corrected chi connectivity index (χ0v) is 10.9. The fourth-order valence-corrected chi connectivity index (χ4v) is 1.52. The van der Waals surface area contributed by atoms with Crippen molar-refractivity contribution in [1.82, 2.24) is 5.32 Å². The Hall–Kier alpha value is -1.23. The van der Waals surface area contributed by atoms with E-state index in [2.05, 4.69) is 5.32 Å². The lowest BCUT2D eigenvalue weighted by Crippen LogP contribution is -2.22. The Morgan fingerprint density at radius 3 is 2.44 bits per heavy atom. The fraction of sp³-hybridized carbons (Fsp3) is 0.250. The van der Waals surface area contributed by atoms with E-state index in [0.29, 0.717) is 11.3 Å². The highest BCUT2D eigenvalue weighted by molar-refractivity contribution is 6.46. The molecule has 18 heavy (non-hydrogen) atoms. The van der Waals surface area contributed by atoms with Crippen LogP contribution in [0.3, 0.4) is 0 Å². The van der Waals surface area contributed by atoms with E-state index in [1.807, 2.05) is 0 Å². The number of hydrogen-bond acceptors (Lipinski definition) is 4. The Morgan fingerprint density at radius 1 is 1.33 bits per heavy atom. The highest BCUT2D eigenvalue weighted by atomic mass is 35.5. The van der Waals surface area contributed by atoms with Gasteiger partial charge >= 0.3 is 0 Å². The number of carbonyl (C=O) groups excluding carboxylic acids is 1. The van der Waals surface area contributed by atoms with Crippen LogP contribution in [0.4, 0.5) is 0 Å². The first-order valence-corrected chi connectivity index (χ1v) is 6.09. The number of aromatic hydroxyl groups is 1. The number of ketones is 1. The first kappa shape index (κ1) is 14.8. The molecular formula is C12H13Cl2NO3. The smallest absolute Gasteiger partial charge is 0.187 e. The van der Waals surface area contributed by atoms with Crippen LogP contribution in [0.25, 0.3) is 0 Å². The average molecular weight is 290 g/mol. The van der Waals surface area contributed by atoms with Crippen LogP contribution in [-0.2, 0) is 0 Å². The molecule has 0 saturated heterocycles. The number of benzene rings is 1. The van der Waals surface area contributed by atoms with Gasteiger partial charge in [-0.25, -0.2) is 0 Å². The lowest BCUT2D eigenvalue weighted by atomic mass is 10.1. The monoisotopic (exact) mass is 289 g/mol. The van der Waals surface area contributed by atoms with Gasteiger partial charge in [0.1, 0.15) is 10.6 Å². The minimum absolute atomic E-state index is 0.0849. The standard InChI is InChI=1S/C12H13Cl2NO3/c13-12(14)10(15-5-6-16)7-11(18)8-1-3-9(17)4-2-8/h1-4,7,12,15-17H,5-6H2. The molecule has 0 fully saturated rings. The van der Waals surface area contributed by atoms with E-state index in [4.69, 9.17) is 33.4 Å². The largest absolute Gasteiger partial charge is 0.508 e. The van der Waals surface area contributed by atoms with Crippen molar-refractivity contribution in [3.05, 3.63) is 41.6 Å². The Kier molecular flexibility index (Phi) is 5.98. The molecule has 0 amide bonds. The number of allylic oxidation sites excluding steroid dienone is 2. The topological polar surface area (TPSA) is 69.6 Å². The lowest BCUT2D eigenvalue weighted by Gasteiger charge is -2.10. The molecule has 4 nitrogen and oxygen atoms in total. The van der Waals surface area contributed by atoms with E-state index in [0.717, 1.165) is 0 Å². The van der Waals surface area contributed by atoms with Gasteiger partial charge in [0.15, 0.2) is 5.78 Å². The summed E-state index contributed by atoms with van der Waals surface area (Å²) in [7, 11) is 0. The number of nitrogens with one attached hydrogen (secondary N) is 1. The van der Waals surface area contributed by atoms with Gasteiger partial charge in [-0.3, -0.25) is 4.79 Å². The second-order valence-electron chi connectivity index (χ2n) is 3.46. The Balaban J connectivity index is 2.83. The molecule has 1 aromatic carbocycles. The van der Waals surface area contributed by atoms with Crippen LogP contribution in [0.1, 0.15) is 10.4 Å². The van der Waals surface area contributed by atoms with Crippen molar-refractivity contribution in [2.45, 2.75) is 4.84 Å². The average Bonchev–Trinajstić information content (AvgIpc) is 2.34. The molecular weight excluding hydrogens is 277 g/mol. The van der Waals surface area contributed by atoms with E-state index in [-0.39, 0.29) is 24.7 Å². The molecule has 0 aliphatic carbocycles. The van der Waals surface area contributed by atoms with Gasteiger partial charge in [-0.1, -0.05) is 23.2 Å². The zero-order chi connectivity index (χ0) is 13.5. The van der Waals surface area contributed by atoms with Gasteiger partial charge in [-0.2, -0.15) is 0 Å². The molecule has 3 N–H and O–H groups in total. The minimum atomic E-state index is -0.877. The van der Waals surface area contributed by atoms with E-state index in [1.165, 1.54) is 30.3 Å². The molecule has 98 valence electrons. The quantitative estimate of drug-likeness (QED) is 0.425. The van der Waals surface area contributed by atoms with Gasteiger partial charge in [0.25, 0.3) is 0 Å². The second-order valence-corrected chi connectivity index (χ2v) is 4.56. The summed E-state index contributed by atoms with van der Waals surface area (Å²) < 4.78 is 0. The molecule has 6 heteroatoms. The number of phenolic OH excluding ortho intramolecular Hbond substituents is 1. The molecule has 0 aliphatic heterocycles. The maximum atomic E-state index is 11.9. The predicted molar refractivity (Wildman–Crippen MR) is 71.1 cm³/mol.